The summed E-state index contributed by atoms with van der Waals surface area (Å²) >= 11 is 1.39. The molecule has 2 rings (SSSR count). The van der Waals surface area contributed by atoms with Crippen LogP contribution in [0.4, 0.5) is 10.7 Å². The maximum atomic E-state index is 12.1. The number of likely N-dealkylation sites (N-methyl/N-ethyl adjacent to an activating group) is 1. The molecule has 0 unspecified atom stereocenters. The smallest absolute Gasteiger partial charge is 0.263 e. The second-order valence-electron chi connectivity index (χ2n) is 4.97. The van der Waals surface area contributed by atoms with Gasteiger partial charge in [-0.15, -0.1) is 17.9 Å². The van der Waals surface area contributed by atoms with E-state index >= 15 is 0 Å². The van der Waals surface area contributed by atoms with Gasteiger partial charge in [0.15, 0.2) is 5.75 Å². The van der Waals surface area contributed by atoms with Crippen LogP contribution in [-0.2, 0) is 0 Å². The lowest BCUT2D eigenvalue weighted by atomic mass is 10.3. The fourth-order valence-corrected chi connectivity index (χ4v) is 3.40. The zero-order valence-corrected chi connectivity index (χ0v) is 13.3. The van der Waals surface area contributed by atoms with Crippen LogP contribution in [0.5, 0.6) is 5.75 Å². The Morgan fingerprint density at radius 2 is 2.14 bits per heavy atom. The number of ether oxygens (including phenoxy) is 1. The zero-order chi connectivity index (χ0) is 15.4. The Hall–Kier alpha value is -1.73. The van der Waals surface area contributed by atoms with Crippen molar-refractivity contribution in [2.24, 2.45) is 0 Å². The number of anilines is 2. The van der Waals surface area contributed by atoms with E-state index in [1.165, 1.54) is 11.3 Å². The van der Waals surface area contributed by atoms with Crippen molar-refractivity contribution >= 4 is 27.9 Å². The molecule has 1 amide bonds. The summed E-state index contributed by atoms with van der Waals surface area (Å²) in [5, 5.41) is 3.69. The predicted molar refractivity (Wildman–Crippen MR) is 87.5 cm³/mol. The van der Waals surface area contributed by atoms with E-state index in [2.05, 4.69) is 28.7 Å². The molecule has 1 aromatic heterocycles. The maximum Gasteiger partial charge on any atom is 0.263 e. The molecular formula is C14H22N4O2S. The van der Waals surface area contributed by atoms with E-state index in [4.69, 9.17) is 10.5 Å². The van der Waals surface area contributed by atoms with Crippen molar-refractivity contribution in [1.82, 2.24) is 10.2 Å². The van der Waals surface area contributed by atoms with E-state index in [0.717, 1.165) is 31.2 Å². The topological polar surface area (TPSA) is 70.8 Å². The van der Waals surface area contributed by atoms with E-state index in [-0.39, 0.29) is 5.91 Å². The molecule has 1 aliphatic heterocycles. The van der Waals surface area contributed by atoms with Crippen molar-refractivity contribution in [3.8, 4) is 5.75 Å². The number of hydrogen-bond donors (Lipinski definition) is 2. The second kappa shape index (κ2) is 6.82. The van der Waals surface area contributed by atoms with Gasteiger partial charge >= 0.3 is 0 Å². The van der Waals surface area contributed by atoms with Gasteiger partial charge in [0.25, 0.3) is 5.91 Å². The lowest BCUT2D eigenvalue weighted by Crippen LogP contribution is -2.44. The predicted octanol–water partition coefficient (Wildman–Crippen LogP) is 1.01. The largest absolute Gasteiger partial charge is 0.492 e. The van der Waals surface area contributed by atoms with Gasteiger partial charge in [0.2, 0.25) is 0 Å². The molecule has 0 radical (unpaired) electrons. The third-order valence-corrected chi connectivity index (χ3v) is 4.74. The van der Waals surface area contributed by atoms with Gasteiger partial charge in [-0.1, -0.05) is 6.08 Å². The first-order chi connectivity index (χ1) is 10.1. The van der Waals surface area contributed by atoms with Crippen LogP contribution in [0.3, 0.4) is 0 Å². The van der Waals surface area contributed by atoms with Crippen LogP contribution in [0.25, 0.3) is 0 Å². The van der Waals surface area contributed by atoms with E-state index in [0.29, 0.717) is 22.9 Å². The highest BCUT2D eigenvalue weighted by atomic mass is 32.1. The van der Waals surface area contributed by atoms with Crippen LogP contribution in [0.15, 0.2) is 12.7 Å². The van der Waals surface area contributed by atoms with Gasteiger partial charge in [-0.2, -0.15) is 0 Å². The number of nitrogen functional groups attached to an aromatic ring is 1. The Morgan fingerprint density at radius 3 is 2.71 bits per heavy atom. The number of thiophene rings is 1. The van der Waals surface area contributed by atoms with Crippen molar-refractivity contribution in [2.75, 3.05) is 57.5 Å². The summed E-state index contributed by atoms with van der Waals surface area (Å²) < 4.78 is 5.42. The van der Waals surface area contributed by atoms with Crippen LogP contribution >= 0.6 is 11.3 Å². The molecule has 116 valence electrons. The quantitative estimate of drug-likeness (QED) is 0.794. The van der Waals surface area contributed by atoms with Gasteiger partial charge < -0.3 is 25.6 Å². The molecule has 1 fully saturated rings. The summed E-state index contributed by atoms with van der Waals surface area (Å²) in [6, 6.07) is 0. The van der Waals surface area contributed by atoms with E-state index in [9.17, 15) is 4.79 Å². The molecule has 3 N–H and O–H groups in total. The van der Waals surface area contributed by atoms with Crippen LogP contribution in [-0.4, -0.2) is 57.7 Å². The first-order valence-electron chi connectivity index (χ1n) is 6.87. The number of nitrogens with two attached hydrogens (primary N) is 1. The van der Waals surface area contributed by atoms with Crippen molar-refractivity contribution < 1.29 is 9.53 Å². The van der Waals surface area contributed by atoms with Gasteiger partial charge in [0.1, 0.15) is 15.6 Å². The fraction of sp³-hybridized carbons (Fsp3) is 0.500. The van der Waals surface area contributed by atoms with Crippen molar-refractivity contribution in [3.63, 3.8) is 0 Å². The lowest BCUT2D eigenvalue weighted by Gasteiger charge is -2.33. The number of amides is 1. The van der Waals surface area contributed by atoms with Gasteiger partial charge in [0.05, 0.1) is 7.11 Å². The molecule has 0 aliphatic carbocycles. The maximum absolute atomic E-state index is 12.1. The summed E-state index contributed by atoms with van der Waals surface area (Å²) in [5.74, 6) is 0.421. The lowest BCUT2D eigenvalue weighted by molar-refractivity contribution is 0.0962. The molecule has 0 saturated carbocycles. The number of carbonyl (C=O) groups is 1. The van der Waals surface area contributed by atoms with Gasteiger partial charge in [-0.25, -0.2) is 0 Å². The molecule has 0 bridgehead atoms. The molecule has 6 nitrogen and oxygen atoms in total. The molecule has 7 heteroatoms. The van der Waals surface area contributed by atoms with Crippen LogP contribution in [0, 0.1) is 0 Å². The van der Waals surface area contributed by atoms with Gasteiger partial charge in [-0.05, 0) is 7.05 Å². The number of nitrogens with zero attached hydrogens (tertiary/aromatic N) is 2. The summed E-state index contributed by atoms with van der Waals surface area (Å²) in [5.41, 5.74) is 6.50. The average molecular weight is 310 g/mol. The molecule has 21 heavy (non-hydrogen) atoms. The van der Waals surface area contributed by atoms with E-state index < -0.39 is 0 Å². The standard InChI is InChI=1S/C14H22N4O2S/c1-4-5-16-13(19)12-10(15)11(20-3)14(21-12)18-8-6-17(2)7-9-18/h4H,1,5-9,15H2,2-3H3,(H,16,19). The normalized spacial score (nSPS) is 15.8. The monoisotopic (exact) mass is 310 g/mol. The number of rotatable bonds is 5. The Labute approximate surface area is 129 Å². The molecule has 1 saturated heterocycles. The third-order valence-electron chi connectivity index (χ3n) is 3.49. The van der Waals surface area contributed by atoms with E-state index in [1.54, 1.807) is 13.2 Å². The van der Waals surface area contributed by atoms with Crippen molar-refractivity contribution in [3.05, 3.63) is 17.5 Å². The molecule has 0 spiro atoms. The summed E-state index contributed by atoms with van der Waals surface area (Å²) in [7, 11) is 3.69. The Morgan fingerprint density at radius 1 is 1.48 bits per heavy atom. The van der Waals surface area contributed by atoms with Gasteiger partial charge in [-0.3, -0.25) is 4.79 Å². The SMILES string of the molecule is C=CCNC(=O)c1sc(N2CCN(C)CC2)c(OC)c1N. The number of nitrogens with one attached hydrogen (secondary N) is 1. The number of piperazine rings is 1. The Balaban J connectivity index is 2.25. The minimum absolute atomic E-state index is 0.184. The highest BCUT2D eigenvalue weighted by Gasteiger charge is 2.26. The van der Waals surface area contributed by atoms with Crippen molar-refractivity contribution in [1.29, 1.82) is 0 Å². The summed E-state index contributed by atoms with van der Waals surface area (Å²) in [6.07, 6.45) is 1.64. The Kier molecular flexibility index (Phi) is 5.08. The molecular weight excluding hydrogens is 288 g/mol. The highest BCUT2D eigenvalue weighted by Crippen LogP contribution is 2.44. The van der Waals surface area contributed by atoms with E-state index in [1.807, 2.05) is 0 Å². The zero-order valence-electron chi connectivity index (χ0n) is 12.5. The average Bonchev–Trinajstić information content (AvgIpc) is 2.82. The van der Waals surface area contributed by atoms with Crippen LogP contribution < -0.4 is 20.7 Å². The second-order valence-corrected chi connectivity index (χ2v) is 5.97. The minimum Gasteiger partial charge on any atom is -0.492 e. The fourth-order valence-electron chi connectivity index (χ4n) is 2.25. The van der Waals surface area contributed by atoms with Crippen molar-refractivity contribution in [2.45, 2.75) is 0 Å². The molecule has 0 aromatic carbocycles. The summed E-state index contributed by atoms with van der Waals surface area (Å²) in [4.78, 5) is 17.1. The summed E-state index contributed by atoms with van der Waals surface area (Å²) in [6.45, 7) is 7.78. The number of hydrogen-bond acceptors (Lipinski definition) is 6. The van der Waals surface area contributed by atoms with Gasteiger partial charge in [0, 0.05) is 32.7 Å². The van der Waals surface area contributed by atoms with Crippen LogP contribution in [0.1, 0.15) is 9.67 Å². The third kappa shape index (κ3) is 3.30. The number of carbonyl (C=O) groups excluding carboxylic acids is 1. The van der Waals surface area contributed by atoms with Crippen LogP contribution in [0.2, 0.25) is 0 Å². The molecule has 2 heterocycles. The molecule has 1 aromatic rings. The molecule has 1 aliphatic rings. The first-order valence-corrected chi connectivity index (χ1v) is 7.69. The highest BCUT2D eigenvalue weighted by molar-refractivity contribution is 7.19. The Bertz CT molecular complexity index is 521. The first kappa shape index (κ1) is 15.7. The molecule has 0 atom stereocenters. The number of methoxy groups -OCH3 is 1. The minimum atomic E-state index is -0.184.